The molecule has 0 aromatic carbocycles. The zero-order valence-corrected chi connectivity index (χ0v) is 12.3. The fraction of sp³-hybridized carbons (Fsp3) is 0.385. The number of halogens is 3. The summed E-state index contributed by atoms with van der Waals surface area (Å²) in [7, 11) is 0. The van der Waals surface area contributed by atoms with Crippen LogP contribution in [0.15, 0.2) is 18.3 Å². The second-order valence-electron chi connectivity index (χ2n) is 4.21. The lowest BCUT2D eigenvalue weighted by molar-refractivity contribution is -0.615. The molecule has 21 heavy (non-hydrogen) atoms. The van der Waals surface area contributed by atoms with Crippen molar-refractivity contribution in [2.45, 2.75) is 33.4 Å². The van der Waals surface area contributed by atoms with Gasteiger partial charge in [-0.1, -0.05) is 18.5 Å². The summed E-state index contributed by atoms with van der Waals surface area (Å²) in [6.07, 6.45) is 1.68. The van der Waals surface area contributed by atoms with E-state index in [0.29, 0.717) is 29.4 Å². The van der Waals surface area contributed by atoms with Crippen molar-refractivity contribution in [2.24, 2.45) is 0 Å². The Labute approximate surface area is 125 Å². The molecule has 0 unspecified atom stereocenters. The summed E-state index contributed by atoms with van der Waals surface area (Å²) in [4.78, 5) is 0. The van der Waals surface area contributed by atoms with Crippen LogP contribution in [0, 0.1) is 5.21 Å². The number of nitrogens with zero attached hydrogens (tertiary/aromatic N) is 3. The summed E-state index contributed by atoms with van der Waals surface area (Å²) < 4.78 is 31.2. The predicted octanol–water partition coefficient (Wildman–Crippen LogP) is 3.02. The number of hydrogen-bond donors (Lipinski definition) is 0. The number of aryl methyl sites for hydroxylation is 2. The smallest absolute Gasteiger partial charge is 0.393 e. The quantitative estimate of drug-likeness (QED) is 0.629. The van der Waals surface area contributed by atoms with E-state index in [-0.39, 0.29) is 10.3 Å². The second kappa shape index (κ2) is 6.26. The maximum absolute atomic E-state index is 12.5. The van der Waals surface area contributed by atoms with Crippen LogP contribution in [0.5, 0.6) is 5.88 Å². The maximum Gasteiger partial charge on any atom is 0.393 e. The monoisotopic (exact) mass is 317 g/mol. The number of hydrogen-bond acceptors (Lipinski definition) is 3. The van der Waals surface area contributed by atoms with Crippen LogP contribution in [-0.4, -0.2) is 16.4 Å². The maximum atomic E-state index is 12.5. The molecule has 0 saturated heterocycles. The first-order valence-electron chi connectivity index (χ1n) is 6.42. The standard InChI is InChI=1S/C13H14ClF2N3O2/c1-3-9-10(14)11(18(4-2)17-9)8-6-5-7-19(20)12(8)21-13(15)16/h5-7,13H,3-4H2,1-2H3. The van der Waals surface area contributed by atoms with Crippen molar-refractivity contribution in [2.75, 3.05) is 0 Å². The summed E-state index contributed by atoms with van der Waals surface area (Å²) in [5.41, 5.74) is 1.22. The fourth-order valence-electron chi connectivity index (χ4n) is 2.06. The Bertz CT molecular complexity index is 647. The molecule has 0 bridgehead atoms. The topological polar surface area (TPSA) is 54.0 Å². The van der Waals surface area contributed by atoms with Gasteiger partial charge in [0.15, 0.2) is 6.20 Å². The molecule has 0 aliphatic carbocycles. The minimum Gasteiger partial charge on any atom is -0.616 e. The van der Waals surface area contributed by atoms with E-state index in [1.165, 1.54) is 12.1 Å². The van der Waals surface area contributed by atoms with Crippen LogP contribution in [0.1, 0.15) is 19.5 Å². The van der Waals surface area contributed by atoms with Gasteiger partial charge >= 0.3 is 12.5 Å². The number of alkyl halides is 2. The Morgan fingerprint density at radius 2 is 2.19 bits per heavy atom. The molecule has 0 aliphatic rings. The van der Waals surface area contributed by atoms with E-state index < -0.39 is 12.5 Å². The van der Waals surface area contributed by atoms with Crippen LogP contribution in [-0.2, 0) is 13.0 Å². The lowest BCUT2D eigenvalue weighted by Gasteiger charge is -2.11. The highest BCUT2D eigenvalue weighted by molar-refractivity contribution is 6.33. The number of aromatic nitrogens is 3. The molecule has 0 amide bonds. The van der Waals surface area contributed by atoms with Crippen LogP contribution in [0.3, 0.4) is 0 Å². The second-order valence-corrected chi connectivity index (χ2v) is 4.59. The van der Waals surface area contributed by atoms with Gasteiger partial charge in [-0.3, -0.25) is 4.68 Å². The molecule has 0 saturated carbocycles. The molecule has 5 nitrogen and oxygen atoms in total. The molecule has 2 aromatic heterocycles. The first kappa shape index (κ1) is 15.5. The largest absolute Gasteiger partial charge is 0.616 e. The number of rotatable bonds is 5. The lowest BCUT2D eigenvalue weighted by Crippen LogP contribution is -2.30. The highest BCUT2D eigenvalue weighted by Crippen LogP contribution is 2.35. The van der Waals surface area contributed by atoms with E-state index >= 15 is 0 Å². The third-order valence-electron chi connectivity index (χ3n) is 2.97. The summed E-state index contributed by atoms with van der Waals surface area (Å²) in [5.74, 6) is -0.494. The molecule has 0 aliphatic heterocycles. The van der Waals surface area contributed by atoms with Gasteiger partial charge in [0.2, 0.25) is 0 Å². The average molecular weight is 318 g/mol. The van der Waals surface area contributed by atoms with Gasteiger partial charge in [0.1, 0.15) is 5.56 Å². The summed E-state index contributed by atoms with van der Waals surface area (Å²) in [5, 5.41) is 16.4. The lowest BCUT2D eigenvalue weighted by atomic mass is 10.1. The molecule has 114 valence electrons. The minimum atomic E-state index is -3.10. The van der Waals surface area contributed by atoms with Gasteiger partial charge in [-0.15, -0.1) is 4.73 Å². The molecular formula is C13H14ClF2N3O2. The van der Waals surface area contributed by atoms with Crippen molar-refractivity contribution in [1.82, 2.24) is 9.78 Å². The third kappa shape index (κ3) is 2.92. The fourth-order valence-corrected chi connectivity index (χ4v) is 2.43. The zero-order valence-electron chi connectivity index (χ0n) is 11.5. The Hall–Kier alpha value is -1.89. The van der Waals surface area contributed by atoms with Crippen molar-refractivity contribution in [3.8, 4) is 17.1 Å². The van der Waals surface area contributed by atoms with E-state index in [1.807, 2.05) is 13.8 Å². The molecular weight excluding hydrogens is 304 g/mol. The van der Waals surface area contributed by atoms with Gasteiger partial charge in [-0.2, -0.15) is 13.9 Å². The molecule has 0 atom stereocenters. The van der Waals surface area contributed by atoms with Crippen LogP contribution < -0.4 is 9.47 Å². The van der Waals surface area contributed by atoms with Crippen LogP contribution >= 0.6 is 11.6 Å². The molecule has 0 spiro atoms. The van der Waals surface area contributed by atoms with Gasteiger partial charge in [0, 0.05) is 12.6 Å². The van der Waals surface area contributed by atoms with Crippen molar-refractivity contribution in [1.29, 1.82) is 0 Å². The molecule has 2 heterocycles. The van der Waals surface area contributed by atoms with Crippen LogP contribution in [0.2, 0.25) is 5.02 Å². The Kier molecular flexibility index (Phi) is 4.62. The average Bonchev–Trinajstić information content (AvgIpc) is 2.77. The van der Waals surface area contributed by atoms with Crippen molar-refractivity contribution < 1.29 is 18.2 Å². The van der Waals surface area contributed by atoms with Gasteiger partial charge in [-0.05, 0) is 19.4 Å². The molecule has 2 rings (SSSR count). The van der Waals surface area contributed by atoms with Crippen molar-refractivity contribution in [3.05, 3.63) is 34.3 Å². The van der Waals surface area contributed by atoms with Crippen LogP contribution in [0.25, 0.3) is 11.3 Å². The number of ether oxygens (including phenoxy) is 1. The van der Waals surface area contributed by atoms with Crippen LogP contribution in [0.4, 0.5) is 8.78 Å². The predicted molar refractivity (Wildman–Crippen MR) is 73.3 cm³/mol. The highest BCUT2D eigenvalue weighted by Gasteiger charge is 2.26. The van der Waals surface area contributed by atoms with E-state index in [2.05, 4.69) is 9.84 Å². The number of pyridine rings is 1. The van der Waals surface area contributed by atoms with E-state index in [0.717, 1.165) is 6.20 Å². The summed E-state index contributed by atoms with van der Waals surface area (Å²) in [6.45, 7) is 1.10. The summed E-state index contributed by atoms with van der Waals surface area (Å²) in [6, 6.07) is 2.94. The van der Waals surface area contributed by atoms with Crippen molar-refractivity contribution in [3.63, 3.8) is 0 Å². The SMILES string of the molecule is CCc1nn(CC)c(-c2ccc[n+]([O-])c2OC(F)F)c1Cl. The van der Waals surface area contributed by atoms with Crippen molar-refractivity contribution >= 4 is 11.6 Å². The highest BCUT2D eigenvalue weighted by atomic mass is 35.5. The molecule has 8 heteroatoms. The van der Waals surface area contributed by atoms with Gasteiger partial charge < -0.3 is 9.94 Å². The van der Waals surface area contributed by atoms with E-state index in [1.54, 1.807) is 4.68 Å². The van der Waals surface area contributed by atoms with Gasteiger partial charge in [-0.25, -0.2) is 0 Å². The molecule has 2 aromatic rings. The van der Waals surface area contributed by atoms with Gasteiger partial charge in [0.05, 0.1) is 16.4 Å². The first-order valence-corrected chi connectivity index (χ1v) is 6.79. The van der Waals surface area contributed by atoms with E-state index in [9.17, 15) is 14.0 Å². The first-order chi connectivity index (χ1) is 9.99. The molecule has 0 radical (unpaired) electrons. The van der Waals surface area contributed by atoms with Gasteiger partial charge in [0.25, 0.3) is 0 Å². The minimum absolute atomic E-state index is 0.187. The summed E-state index contributed by atoms with van der Waals surface area (Å²) >= 11 is 6.27. The Morgan fingerprint density at radius 3 is 2.76 bits per heavy atom. The Balaban J connectivity index is 2.67. The Morgan fingerprint density at radius 1 is 1.48 bits per heavy atom. The zero-order chi connectivity index (χ0) is 15.6. The normalized spacial score (nSPS) is 11.1. The molecule has 0 N–H and O–H groups in total. The molecule has 0 fully saturated rings. The van der Waals surface area contributed by atoms with E-state index in [4.69, 9.17) is 11.6 Å². The third-order valence-corrected chi connectivity index (χ3v) is 3.36.